The van der Waals surface area contributed by atoms with Crippen LogP contribution in [-0.4, -0.2) is 30.2 Å². The first-order valence-corrected chi connectivity index (χ1v) is 5.82. The molecule has 1 aromatic heterocycles. The Balaban J connectivity index is 2.03. The summed E-state index contributed by atoms with van der Waals surface area (Å²) < 4.78 is 5.43. The minimum Gasteiger partial charge on any atom is -0.361 e. The highest BCUT2D eigenvalue weighted by Gasteiger charge is 2.22. The highest BCUT2D eigenvalue weighted by molar-refractivity contribution is 5.13. The highest BCUT2D eigenvalue weighted by Crippen LogP contribution is 2.29. The first-order chi connectivity index (χ1) is 7.16. The van der Waals surface area contributed by atoms with Crippen LogP contribution >= 0.6 is 0 Å². The van der Waals surface area contributed by atoms with Crippen molar-refractivity contribution in [2.24, 2.45) is 0 Å². The van der Waals surface area contributed by atoms with Crippen molar-refractivity contribution in [3.63, 3.8) is 0 Å². The Hall–Kier alpha value is -0.830. The fourth-order valence-electron chi connectivity index (χ4n) is 2.06. The summed E-state index contributed by atoms with van der Waals surface area (Å²) >= 11 is 0. The summed E-state index contributed by atoms with van der Waals surface area (Å²) in [4.78, 5) is 2.37. The van der Waals surface area contributed by atoms with Gasteiger partial charge in [-0.1, -0.05) is 19.0 Å². The lowest BCUT2D eigenvalue weighted by molar-refractivity contribution is 0.230. The molecule has 0 N–H and O–H groups in total. The molecule has 1 aliphatic heterocycles. The van der Waals surface area contributed by atoms with Crippen LogP contribution in [0.5, 0.6) is 0 Å². The van der Waals surface area contributed by atoms with Crippen molar-refractivity contribution in [1.29, 1.82) is 0 Å². The Morgan fingerprint density at radius 2 is 2.07 bits per heavy atom. The van der Waals surface area contributed by atoms with Gasteiger partial charge in [-0.25, -0.2) is 0 Å². The van der Waals surface area contributed by atoms with Gasteiger partial charge in [-0.2, -0.15) is 0 Å². The Kier molecular flexibility index (Phi) is 3.10. The van der Waals surface area contributed by atoms with E-state index in [-0.39, 0.29) is 0 Å². The van der Waals surface area contributed by atoms with E-state index in [9.17, 15) is 0 Å². The van der Waals surface area contributed by atoms with E-state index in [1.54, 1.807) is 0 Å². The largest absolute Gasteiger partial charge is 0.361 e. The fourth-order valence-corrected chi connectivity index (χ4v) is 2.06. The van der Waals surface area contributed by atoms with Gasteiger partial charge in [0.05, 0.1) is 5.69 Å². The van der Waals surface area contributed by atoms with Crippen molar-refractivity contribution in [3.05, 3.63) is 17.5 Å². The number of piperidine rings is 1. The molecule has 0 aromatic carbocycles. The molecule has 0 aliphatic carbocycles. The van der Waals surface area contributed by atoms with Crippen LogP contribution in [0.3, 0.4) is 0 Å². The third-order valence-electron chi connectivity index (χ3n) is 3.26. The van der Waals surface area contributed by atoms with Gasteiger partial charge >= 0.3 is 0 Å². The smallest absolute Gasteiger partial charge is 0.140 e. The molecule has 0 unspecified atom stereocenters. The molecule has 84 valence electrons. The molecule has 1 aliphatic rings. The molecule has 0 radical (unpaired) electrons. The Morgan fingerprint density at radius 1 is 1.40 bits per heavy atom. The second-order valence-corrected chi connectivity index (χ2v) is 4.89. The van der Waals surface area contributed by atoms with E-state index in [1.807, 2.05) is 0 Å². The van der Waals surface area contributed by atoms with Crippen LogP contribution in [0.1, 0.15) is 50.0 Å². The van der Waals surface area contributed by atoms with E-state index in [0.717, 1.165) is 11.5 Å². The quantitative estimate of drug-likeness (QED) is 0.748. The minimum atomic E-state index is 0.466. The van der Waals surface area contributed by atoms with Crippen LogP contribution < -0.4 is 0 Å². The molecule has 0 atom stereocenters. The number of rotatable bonds is 2. The number of aromatic nitrogens is 1. The van der Waals surface area contributed by atoms with Crippen LogP contribution in [0.2, 0.25) is 0 Å². The van der Waals surface area contributed by atoms with Crippen LogP contribution in [0.4, 0.5) is 0 Å². The summed E-state index contributed by atoms with van der Waals surface area (Å²) in [6, 6.07) is 2.14. The summed E-state index contributed by atoms with van der Waals surface area (Å²) in [5.41, 5.74) is 1.09. The molecular weight excluding hydrogens is 188 g/mol. The van der Waals surface area contributed by atoms with E-state index in [1.165, 1.54) is 25.9 Å². The van der Waals surface area contributed by atoms with Gasteiger partial charge in [0.2, 0.25) is 0 Å². The maximum Gasteiger partial charge on any atom is 0.140 e. The summed E-state index contributed by atoms with van der Waals surface area (Å²) in [6.07, 6.45) is 2.40. The van der Waals surface area contributed by atoms with Crippen molar-refractivity contribution in [2.75, 3.05) is 20.1 Å². The molecular formula is C12H20N2O. The molecule has 0 bridgehead atoms. The lowest BCUT2D eigenvalue weighted by atomic mass is 9.94. The molecule has 3 heteroatoms. The minimum absolute atomic E-state index is 0.466. The van der Waals surface area contributed by atoms with E-state index in [2.05, 4.69) is 37.0 Å². The maximum absolute atomic E-state index is 5.43. The van der Waals surface area contributed by atoms with Gasteiger partial charge in [0.15, 0.2) is 0 Å². The first-order valence-electron chi connectivity index (χ1n) is 5.82. The third kappa shape index (κ3) is 2.40. The molecule has 1 aromatic rings. The second kappa shape index (κ2) is 4.35. The van der Waals surface area contributed by atoms with Gasteiger partial charge in [-0.3, -0.25) is 0 Å². The van der Waals surface area contributed by atoms with Crippen molar-refractivity contribution in [1.82, 2.24) is 10.1 Å². The lowest BCUT2D eigenvalue weighted by Crippen LogP contribution is -2.29. The van der Waals surface area contributed by atoms with Crippen molar-refractivity contribution >= 4 is 0 Å². The molecule has 1 fully saturated rings. The molecule has 2 rings (SSSR count). The zero-order chi connectivity index (χ0) is 10.8. The van der Waals surface area contributed by atoms with Gasteiger partial charge in [0, 0.05) is 12.0 Å². The van der Waals surface area contributed by atoms with Gasteiger partial charge in [-0.15, -0.1) is 0 Å². The molecule has 1 saturated heterocycles. The zero-order valence-electron chi connectivity index (χ0n) is 9.86. The molecule has 0 spiro atoms. The van der Waals surface area contributed by atoms with Crippen molar-refractivity contribution in [3.8, 4) is 0 Å². The summed E-state index contributed by atoms with van der Waals surface area (Å²) in [5.74, 6) is 2.14. The summed E-state index contributed by atoms with van der Waals surface area (Å²) in [7, 11) is 2.18. The van der Waals surface area contributed by atoms with Crippen LogP contribution in [0, 0.1) is 0 Å². The van der Waals surface area contributed by atoms with E-state index >= 15 is 0 Å². The average Bonchev–Trinajstić information content (AvgIpc) is 2.68. The lowest BCUT2D eigenvalue weighted by Gasteiger charge is -2.27. The SMILES string of the molecule is CC(C)c1cc(C2CCN(C)CC2)on1. The summed E-state index contributed by atoms with van der Waals surface area (Å²) in [5, 5.41) is 4.12. The van der Waals surface area contributed by atoms with E-state index in [0.29, 0.717) is 11.8 Å². The fraction of sp³-hybridized carbons (Fsp3) is 0.750. The monoisotopic (exact) mass is 208 g/mol. The Bertz CT molecular complexity index is 311. The van der Waals surface area contributed by atoms with Crippen molar-refractivity contribution in [2.45, 2.75) is 38.5 Å². The molecule has 3 nitrogen and oxygen atoms in total. The zero-order valence-corrected chi connectivity index (χ0v) is 9.86. The van der Waals surface area contributed by atoms with Crippen LogP contribution in [0.25, 0.3) is 0 Å². The topological polar surface area (TPSA) is 29.3 Å². The highest BCUT2D eigenvalue weighted by atomic mass is 16.5. The number of nitrogens with zero attached hydrogens (tertiary/aromatic N) is 2. The van der Waals surface area contributed by atoms with Crippen LogP contribution in [-0.2, 0) is 0 Å². The molecule has 0 amide bonds. The maximum atomic E-state index is 5.43. The van der Waals surface area contributed by atoms with E-state index < -0.39 is 0 Å². The molecule has 0 saturated carbocycles. The van der Waals surface area contributed by atoms with Gasteiger partial charge in [0.25, 0.3) is 0 Å². The second-order valence-electron chi connectivity index (χ2n) is 4.89. The number of hydrogen-bond donors (Lipinski definition) is 0. The molecule has 2 heterocycles. The van der Waals surface area contributed by atoms with Crippen molar-refractivity contribution < 1.29 is 4.52 Å². The summed E-state index contributed by atoms with van der Waals surface area (Å²) in [6.45, 7) is 6.64. The molecule has 15 heavy (non-hydrogen) atoms. The third-order valence-corrected chi connectivity index (χ3v) is 3.26. The first kappa shape index (κ1) is 10.7. The average molecular weight is 208 g/mol. The van der Waals surface area contributed by atoms with E-state index in [4.69, 9.17) is 4.52 Å². The predicted molar refractivity (Wildman–Crippen MR) is 60.1 cm³/mol. The normalized spacial score (nSPS) is 20.0. The predicted octanol–water partition coefficient (Wildman–Crippen LogP) is 2.61. The van der Waals surface area contributed by atoms with Gasteiger partial charge in [-0.05, 0) is 38.9 Å². The Labute approximate surface area is 91.4 Å². The number of hydrogen-bond acceptors (Lipinski definition) is 3. The Morgan fingerprint density at radius 3 is 2.60 bits per heavy atom. The number of likely N-dealkylation sites (tertiary alicyclic amines) is 1. The standard InChI is InChI=1S/C12H20N2O/c1-9(2)11-8-12(15-13-11)10-4-6-14(3)7-5-10/h8-10H,4-7H2,1-3H3. The van der Waals surface area contributed by atoms with Gasteiger partial charge in [0.1, 0.15) is 5.76 Å². The van der Waals surface area contributed by atoms with Gasteiger partial charge < -0.3 is 9.42 Å². The van der Waals surface area contributed by atoms with Crippen LogP contribution in [0.15, 0.2) is 10.6 Å².